The number of hydrogen-bond acceptors (Lipinski definition) is 4. The molecule has 2 unspecified atom stereocenters. The second-order valence-corrected chi connectivity index (χ2v) is 4.60. The van der Waals surface area contributed by atoms with Crippen LogP contribution in [0, 0.1) is 0 Å². The van der Waals surface area contributed by atoms with Gasteiger partial charge in [-0.15, -0.1) is 0 Å². The molecule has 94 valence electrons. The van der Waals surface area contributed by atoms with Crippen molar-refractivity contribution in [1.82, 2.24) is 19.7 Å². The number of piperidine rings is 1. The van der Waals surface area contributed by atoms with Crippen molar-refractivity contribution in [2.45, 2.75) is 44.8 Å². The van der Waals surface area contributed by atoms with Crippen LogP contribution in [-0.2, 0) is 11.3 Å². The fraction of sp³-hybridized carbons (Fsp3) is 0.727. The first-order valence-corrected chi connectivity index (χ1v) is 6.06. The Morgan fingerprint density at radius 1 is 1.59 bits per heavy atom. The molecule has 0 aromatic carbocycles. The van der Waals surface area contributed by atoms with Gasteiger partial charge in [0.1, 0.15) is 19.2 Å². The molecule has 1 amide bonds. The number of rotatable bonds is 3. The topological polar surface area (TPSA) is 77.0 Å². The average molecular weight is 237 g/mol. The first-order chi connectivity index (χ1) is 8.18. The number of nitrogens with zero attached hydrogens (tertiary/aromatic N) is 4. The average Bonchev–Trinajstić information content (AvgIpc) is 2.81. The van der Waals surface area contributed by atoms with Crippen LogP contribution in [0.5, 0.6) is 0 Å². The van der Waals surface area contributed by atoms with Crippen LogP contribution in [-0.4, -0.2) is 44.2 Å². The summed E-state index contributed by atoms with van der Waals surface area (Å²) >= 11 is 0. The highest BCUT2D eigenvalue weighted by Gasteiger charge is 2.29. The molecule has 1 aromatic heterocycles. The van der Waals surface area contributed by atoms with Crippen LogP contribution in [0.2, 0.25) is 0 Å². The summed E-state index contributed by atoms with van der Waals surface area (Å²) in [6, 6.07) is 0.190. The van der Waals surface area contributed by atoms with Crippen molar-refractivity contribution >= 4 is 5.91 Å². The number of carbonyl (C=O) groups is 1. The molecule has 6 nitrogen and oxygen atoms in total. The van der Waals surface area contributed by atoms with Gasteiger partial charge in [0.2, 0.25) is 5.91 Å². The monoisotopic (exact) mass is 237 g/mol. The van der Waals surface area contributed by atoms with Gasteiger partial charge in [-0.2, -0.15) is 5.10 Å². The Labute approximate surface area is 101 Å². The highest BCUT2D eigenvalue weighted by molar-refractivity contribution is 5.76. The minimum Gasteiger partial charge on any atom is -0.337 e. The molecule has 0 radical (unpaired) electrons. The van der Waals surface area contributed by atoms with Crippen LogP contribution in [0.15, 0.2) is 12.7 Å². The van der Waals surface area contributed by atoms with Gasteiger partial charge in [-0.05, 0) is 26.2 Å². The van der Waals surface area contributed by atoms with Gasteiger partial charge in [0.25, 0.3) is 0 Å². The minimum absolute atomic E-state index is 0.0231. The molecule has 2 heterocycles. The van der Waals surface area contributed by atoms with Crippen molar-refractivity contribution < 1.29 is 4.79 Å². The van der Waals surface area contributed by atoms with E-state index in [4.69, 9.17) is 5.73 Å². The third-order valence-electron chi connectivity index (χ3n) is 3.24. The normalized spacial score (nSPS) is 22.5. The number of likely N-dealkylation sites (tertiary alicyclic amines) is 1. The molecule has 2 rings (SSSR count). The summed E-state index contributed by atoms with van der Waals surface area (Å²) in [5.74, 6) is 0.0810. The molecule has 0 aliphatic carbocycles. The molecule has 2 N–H and O–H groups in total. The molecule has 1 aromatic rings. The molecule has 1 aliphatic rings. The fourth-order valence-electron chi connectivity index (χ4n) is 2.36. The van der Waals surface area contributed by atoms with Gasteiger partial charge in [-0.25, -0.2) is 9.67 Å². The van der Waals surface area contributed by atoms with Crippen molar-refractivity contribution in [3.05, 3.63) is 12.7 Å². The lowest BCUT2D eigenvalue weighted by Crippen LogP contribution is -2.52. The number of amides is 1. The number of carbonyl (C=O) groups excluding carboxylic acids is 1. The molecule has 0 spiro atoms. The molecular formula is C11H19N5O. The van der Waals surface area contributed by atoms with E-state index in [2.05, 4.69) is 10.1 Å². The van der Waals surface area contributed by atoms with E-state index in [0.717, 1.165) is 25.8 Å². The SMILES string of the molecule is CC(N)C1CCCCN1C(=O)Cn1cncn1. The molecule has 6 heteroatoms. The zero-order valence-corrected chi connectivity index (χ0v) is 10.1. The number of aromatic nitrogens is 3. The van der Waals surface area contributed by atoms with Gasteiger partial charge in [0.15, 0.2) is 0 Å². The maximum absolute atomic E-state index is 12.2. The van der Waals surface area contributed by atoms with Crippen LogP contribution >= 0.6 is 0 Å². The first kappa shape index (κ1) is 12.0. The summed E-state index contributed by atoms with van der Waals surface area (Å²) < 4.78 is 1.55. The molecule has 1 fully saturated rings. The van der Waals surface area contributed by atoms with Gasteiger partial charge in [-0.3, -0.25) is 4.79 Å². The van der Waals surface area contributed by atoms with E-state index < -0.39 is 0 Å². The predicted molar refractivity (Wildman–Crippen MR) is 63.0 cm³/mol. The summed E-state index contributed by atoms with van der Waals surface area (Å²) in [6.45, 7) is 3.02. The number of nitrogens with two attached hydrogens (primary N) is 1. The van der Waals surface area contributed by atoms with E-state index in [0.29, 0.717) is 0 Å². The van der Waals surface area contributed by atoms with Gasteiger partial charge in [0.05, 0.1) is 0 Å². The molecule has 17 heavy (non-hydrogen) atoms. The van der Waals surface area contributed by atoms with Gasteiger partial charge >= 0.3 is 0 Å². The maximum atomic E-state index is 12.2. The Balaban J connectivity index is 2.01. The lowest BCUT2D eigenvalue weighted by molar-refractivity contribution is -0.136. The Kier molecular flexibility index (Phi) is 3.73. The quantitative estimate of drug-likeness (QED) is 0.803. The Hall–Kier alpha value is -1.43. The van der Waals surface area contributed by atoms with Crippen LogP contribution < -0.4 is 5.73 Å². The second-order valence-electron chi connectivity index (χ2n) is 4.60. The van der Waals surface area contributed by atoms with E-state index in [1.807, 2.05) is 11.8 Å². The summed E-state index contributed by atoms with van der Waals surface area (Å²) in [5, 5.41) is 3.95. The standard InChI is InChI=1S/C11H19N5O/c1-9(12)10-4-2-3-5-16(10)11(17)6-15-8-13-7-14-15/h7-10H,2-6,12H2,1H3. The van der Waals surface area contributed by atoms with Gasteiger partial charge < -0.3 is 10.6 Å². The highest BCUT2D eigenvalue weighted by Crippen LogP contribution is 2.19. The molecule has 0 saturated carbocycles. The van der Waals surface area contributed by atoms with Gasteiger partial charge in [-0.1, -0.05) is 0 Å². The van der Waals surface area contributed by atoms with E-state index in [1.165, 1.54) is 6.33 Å². The lowest BCUT2D eigenvalue weighted by Gasteiger charge is -2.38. The molecule has 2 atom stereocenters. The Bertz CT molecular complexity index is 362. The van der Waals surface area contributed by atoms with Crippen molar-refractivity contribution in [1.29, 1.82) is 0 Å². The fourth-order valence-corrected chi connectivity index (χ4v) is 2.36. The molecule has 1 saturated heterocycles. The zero-order valence-electron chi connectivity index (χ0n) is 10.1. The lowest BCUT2D eigenvalue weighted by atomic mass is 9.97. The largest absolute Gasteiger partial charge is 0.337 e. The molecular weight excluding hydrogens is 218 g/mol. The molecule has 0 bridgehead atoms. The van der Waals surface area contributed by atoms with Crippen molar-refractivity contribution in [2.24, 2.45) is 5.73 Å². The highest BCUT2D eigenvalue weighted by atomic mass is 16.2. The third-order valence-corrected chi connectivity index (χ3v) is 3.24. The Morgan fingerprint density at radius 2 is 2.41 bits per heavy atom. The van der Waals surface area contributed by atoms with Gasteiger partial charge in [0, 0.05) is 18.6 Å². The van der Waals surface area contributed by atoms with Crippen LogP contribution in [0.4, 0.5) is 0 Å². The van der Waals surface area contributed by atoms with E-state index in [1.54, 1.807) is 11.0 Å². The minimum atomic E-state index is 0.0231. The van der Waals surface area contributed by atoms with Crippen molar-refractivity contribution in [3.63, 3.8) is 0 Å². The first-order valence-electron chi connectivity index (χ1n) is 6.06. The zero-order chi connectivity index (χ0) is 12.3. The molecule has 1 aliphatic heterocycles. The maximum Gasteiger partial charge on any atom is 0.244 e. The summed E-state index contributed by atoms with van der Waals surface area (Å²) in [4.78, 5) is 17.9. The second kappa shape index (κ2) is 5.27. The van der Waals surface area contributed by atoms with Crippen LogP contribution in [0.3, 0.4) is 0 Å². The van der Waals surface area contributed by atoms with E-state index >= 15 is 0 Å². The summed E-state index contributed by atoms with van der Waals surface area (Å²) in [6.07, 6.45) is 6.21. The van der Waals surface area contributed by atoms with E-state index in [9.17, 15) is 4.79 Å². The summed E-state index contributed by atoms with van der Waals surface area (Å²) in [7, 11) is 0. The van der Waals surface area contributed by atoms with Crippen molar-refractivity contribution in [2.75, 3.05) is 6.54 Å². The van der Waals surface area contributed by atoms with E-state index in [-0.39, 0.29) is 24.5 Å². The third kappa shape index (κ3) is 2.82. The Morgan fingerprint density at radius 3 is 3.06 bits per heavy atom. The smallest absolute Gasteiger partial charge is 0.244 e. The van der Waals surface area contributed by atoms with Crippen LogP contribution in [0.1, 0.15) is 26.2 Å². The predicted octanol–water partition coefficient (Wildman–Crippen LogP) is 0.00640. The van der Waals surface area contributed by atoms with Crippen molar-refractivity contribution in [3.8, 4) is 0 Å². The summed E-state index contributed by atoms with van der Waals surface area (Å²) in [5.41, 5.74) is 5.94. The van der Waals surface area contributed by atoms with Crippen LogP contribution in [0.25, 0.3) is 0 Å². The number of hydrogen-bond donors (Lipinski definition) is 1.